The summed E-state index contributed by atoms with van der Waals surface area (Å²) in [5, 5.41) is 2.69. The van der Waals surface area contributed by atoms with Gasteiger partial charge in [0.2, 0.25) is 5.78 Å². The van der Waals surface area contributed by atoms with Gasteiger partial charge in [0.15, 0.2) is 0 Å². The van der Waals surface area contributed by atoms with Gasteiger partial charge < -0.3 is 15.8 Å². The first-order valence-electron chi connectivity index (χ1n) is 5.33. The zero-order valence-electron chi connectivity index (χ0n) is 8.99. The summed E-state index contributed by atoms with van der Waals surface area (Å²) in [4.78, 5) is 22.8. The second-order valence-electron chi connectivity index (χ2n) is 3.74. The van der Waals surface area contributed by atoms with E-state index in [9.17, 15) is 9.59 Å². The summed E-state index contributed by atoms with van der Waals surface area (Å²) < 4.78 is 5.15. The Balaban J connectivity index is 2.36. The van der Waals surface area contributed by atoms with E-state index >= 15 is 0 Å². The van der Waals surface area contributed by atoms with Crippen LogP contribution >= 0.6 is 0 Å². The van der Waals surface area contributed by atoms with E-state index in [4.69, 9.17) is 10.5 Å². The molecule has 0 aromatic carbocycles. The smallest absolute Gasteiger partial charge is 0.289 e. The number of nitrogens with two attached hydrogens (primary N) is 1. The molecule has 0 spiro atoms. The monoisotopic (exact) mass is 214 g/mol. The van der Waals surface area contributed by atoms with Gasteiger partial charge in [-0.2, -0.15) is 0 Å². The van der Waals surface area contributed by atoms with Gasteiger partial charge in [-0.3, -0.25) is 9.59 Å². The minimum absolute atomic E-state index is 0.0549. The quantitative estimate of drug-likeness (QED) is 0.623. The molecule has 3 N–H and O–H groups in total. The van der Waals surface area contributed by atoms with Gasteiger partial charge in [-0.1, -0.05) is 6.92 Å². The standard InChI is InChI=1S/C10H18N2O3/c1-2-8(11)9(13)10(14)12-7-3-5-15-6-4-7/h7-8H,2-6,11H2,1H3,(H,12,14)/t8-/m0/s1. The second-order valence-corrected chi connectivity index (χ2v) is 3.74. The molecular formula is C10H18N2O3. The fourth-order valence-corrected chi connectivity index (χ4v) is 1.45. The maximum Gasteiger partial charge on any atom is 0.289 e. The van der Waals surface area contributed by atoms with Gasteiger partial charge in [-0.05, 0) is 19.3 Å². The van der Waals surface area contributed by atoms with Crippen LogP contribution in [0.25, 0.3) is 0 Å². The molecule has 0 aromatic rings. The summed E-state index contributed by atoms with van der Waals surface area (Å²) in [6, 6.07) is -0.621. The Morgan fingerprint density at radius 3 is 2.60 bits per heavy atom. The molecule has 1 saturated heterocycles. The molecule has 0 aromatic heterocycles. The summed E-state index contributed by atoms with van der Waals surface area (Å²) in [6.07, 6.45) is 2.01. The van der Waals surface area contributed by atoms with Crippen molar-refractivity contribution in [3.63, 3.8) is 0 Å². The Morgan fingerprint density at radius 1 is 1.47 bits per heavy atom. The summed E-state index contributed by atoms with van der Waals surface area (Å²) >= 11 is 0. The lowest BCUT2D eigenvalue weighted by atomic mass is 10.1. The van der Waals surface area contributed by atoms with Gasteiger partial charge in [0.05, 0.1) is 6.04 Å². The average Bonchev–Trinajstić information content (AvgIpc) is 2.28. The number of hydrogen-bond acceptors (Lipinski definition) is 4. The zero-order chi connectivity index (χ0) is 11.3. The summed E-state index contributed by atoms with van der Waals surface area (Å²) in [5.41, 5.74) is 5.49. The molecule has 0 bridgehead atoms. The first kappa shape index (κ1) is 12.1. The molecule has 0 aliphatic carbocycles. The van der Waals surface area contributed by atoms with Crippen LogP contribution in [-0.4, -0.2) is 37.0 Å². The molecule has 5 nitrogen and oxygen atoms in total. The number of ether oxygens (including phenoxy) is 1. The third-order valence-electron chi connectivity index (χ3n) is 2.56. The zero-order valence-corrected chi connectivity index (χ0v) is 8.99. The highest BCUT2D eigenvalue weighted by Crippen LogP contribution is 2.06. The molecule has 1 atom stereocenters. The molecule has 1 heterocycles. The molecule has 1 amide bonds. The number of carbonyl (C=O) groups excluding carboxylic acids is 2. The average molecular weight is 214 g/mol. The van der Waals surface area contributed by atoms with E-state index < -0.39 is 17.7 Å². The van der Waals surface area contributed by atoms with Crippen molar-refractivity contribution in [2.75, 3.05) is 13.2 Å². The Bertz CT molecular complexity index is 237. The molecule has 1 aliphatic heterocycles. The van der Waals surface area contributed by atoms with Gasteiger partial charge in [-0.15, -0.1) is 0 Å². The highest BCUT2D eigenvalue weighted by atomic mass is 16.5. The molecule has 1 aliphatic rings. The number of Topliss-reactive ketones (excluding diaryl/α,β-unsaturated/α-hetero) is 1. The molecular weight excluding hydrogens is 196 g/mol. The molecule has 0 radical (unpaired) electrons. The van der Waals surface area contributed by atoms with Crippen LogP contribution in [0, 0.1) is 0 Å². The van der Waals surface area contributed by atoms with Crippen molar-refractivity contribution in [1.82, 2.24) is 5.32 Å². The van der Waals surface area contributed by atoms with E-state index in [-0.39, 0.29) is 6.04 Å². The Hall–Kier alpha value is -0.940. The third kappa shape index (κ3) is 3.60. The van der Waals surface area contributed by atoms with Crippen molar-refractivity contribution in [1.29, 1.82) is 0 Å². The van der Waals surface area contributed by atoms with Crippen LogP contribution in [-0.2, 0) is 14.3 Å². The van der Waals surface area contributed by atoms with Crippen molar-refractivity contribution < 1.29 is 14.3 Å². The van der Waals surface area contributed by atoms with Crippen molar-refractivity contribution in [3.05, 3.63) is 0 Å². The lowest BCUT2D eigenvalue weighted by Gasteiger charge is -2.23. The minimum atomic E-state index is -0.676. The van der Waals surface area contributed by atoms with Crippen molar-refractivity contribution >= 4 is 11.7 Å². The molecule has 5 heteroatoms. The van der Waals surface area contributed by atoms with E-state index in [0.717, 1.165) is 12.8 Å². The summed E-state index contributed by atoms with van der Waals surface area (Å²) in [7, 11) is 0. The summed E-state index contributed by atoms with van der Waals surface area (Å²) in [6.45, 7) is 3.06. The first-order valence-corrected chi connectivity index (χ1v) is 5.33. The van der Waals surface area contributed by atoms with Gasteiger partial charge in [0, 0.05) is 19.3 Å². The Labute approximate surface area is 89.3 Å². The molecule has 86 valence electrons. The van der Waals surface area contributed by atoms with Gasteiger partial charge >= 0.3 is 0 Å². The van der Waals surface area contributed by atoms with Crippen LogP contribution in [0.3, 0.4) is 0 Å². The largest absolute Gasteiger partial charge is 0.381 e. The van der Waals surface area contributed by atoms with E-state index in [1.165, 1.54) is 0 Å². The summed E-state index contributed by atoms with van der Waals surface area (Å²) in [5.74, 6) is -1.08. The third-order valence-corrected chi connectivity index (χ3v) is 2.56. The van der Waals surface area contributed by atoms with Crippen molar-refractivity contribution in [3.8, 4) is 0 Å². The first-order chi connectivity index (χ1) is 7.15. The molecule has 1 rings (SSSR count). The van der Waals surface area contributed by atoms with E-state index in [0.29, 0.717) is 19.6 Å². The molecule has 1 fully saturated rings. The van der Waals surface area contributed by atoms with Crippen LogP contribution in [0.4, 0.5) is 0 Å². The highest BCUT2D eigenvalue weighted by Gasteiger charge is 2.23. The van der Waals surface area contributed by atoms with Crippen LogP contribution in [0.2, 0.25) is 0 Å². The maximum atomic E-state index is 11.4. The fraction of sp³-hybridized carbons (Fsp3) is 0.800. The lowest BCUT2D eigenvalue weighted by Crippen LogP contribution is -2.47. The Kier molecular flexibility index (Phi) is 4.71. The second kappa shape index (κ2) is 5.82. The number of rotatable bonds is 4. The van der Waals surface area contributed by atoms with E-state index in [2.05, 4.69) is 5.32 Å². The van der Waals surface area contributed by atoms with Gasteiger partial charge in [-0.25, -0.2) is 0 Å². The molecule has 15 heavy (non-hydrogen) atoms. The number of carbonyl (C=O) groups is 2. The van der Waals surface area contributed by atoms with Crippen LogP contribution in [0.15, 0.2) is 0 Å². The van der Waals surface area contributed by atoms with E-state index in [1.54, 1.807) is 6.92 Å². The Morgan fingerprint density at radius 2 is 2.07 bits per heavy atom. The number of nitrogens with one attached hydrogen (secondary N) is 1. The number of amides is 1. The van der Waals surface area contributed by atoms with Crippen LogP contribution in [0.5, 0.6) is 0 Å². The van der Waals surface area contributed by atoms with E-state index in [1.807, 2.05) is 0 Å². The SMILES string of the molecule is CC[C@H](N)C(=O)C(=O)NC1CCOCC1. The van der Waals surface area contributed by atoms with Crippen molar-refractivity contribution in [2.24, 2.45) is 5.73 Å². The maximum absolute atomic E-state index is 11.4. The predicted octanol–water partition coefficient (Wildman–Crippen LogP) is -0.412. The fourth-order valence-electron chi connectivity index (χ4n) is 1.45. The predicted molar refractivity (Wildman–Crippen MR) is 55.3 cm³/mol. The van der Waals surface area contributed by atoms with Gasteiger partial charge in [0.1, 0.15) is 0 Å². The molecule has 0 saturated carbocycles. The van der Waals surface area contributed by atoms with Crippen LogP contribution in [0.1, 0.15) is 26.2 Å². The van der Waals surface area contributed by atoms with Crippen molar-refractivity contribution in [2.45, 2.75) is 38.3 Å². The minimum Gasteiger partial charge on any atom is -0.381 e. The number of ketones is 1. The highest BCUT2D eigenvalue weighted by molar-refractivity contribution is 6.38. The normalized spacial score (nSPS) is 19.6. The lowest BCUT2D eigenvalue weighted by molar-refractivity contribution is -0.139. The molecule has 0 unspecified atom stereocenters. The van der Waals surface area contributed by atoms with Gasteiger partial charge in [0.25, 0.3) is 5.91 Å². The topological polar surface area (TPSA) is 81.4 Å². The van der Waals surface area contributed by atoms with Crippen LogP contribution < -0.4 is 11.1 Å². The number of hydrogen-bond donors (Lipinski definition) is 2.